The highest BCUT2D eigenvalue weighted by Crippen LogP contribution is 2.11. The lowest BCUT2D eigenvalue weighted by molar-refractivity contribution is 0.399. The maximum absolute atomic E-state index is 4.32. The number of hydrogen-bond donors (Lipinski definition) is 1. The minimum absolute atomic E-state index is 0.634. The van der Waals surface area contributed by atoms with Crippen molar-refractivity contribution in [2.24, 2.45) is 0 Å². The van der Waals surface area contributed by atoms with E-state index in [4.69, 9.17) is 0 Å². The first-order valence-corrected chi connectivity index (χ1v) is 5.91. The van der Waals surface area contributed by atoms with Gasteiger partial charge in [0, 0.05) is 24.9 Å². The van der Waals surface area contributed by atoms with E-state index >= 15 is 0 Å². The van der Waals surface area contributed by atoms with Crippen molar-refractivity contribution in [3.63, 3.8) is 0 Å². The molecular weight excluding hydrogens is 186 g/mol. The van der Waals surface area contributed by atoms with Crippen LogP contribution in [0.2, 0.25) is 0 Å². The third-order valence-electron chi connectivity index (χ3n) is 2.97. The van der Waals surface area contributed by atoms with Gasteiger partial charge in [0.15, 0.2) is 0 Å². The van der Waals surface area contributed by atoms with Gasteiger partial charge in [-0.25, -0.2) is 9.97 Å². The van der Waals surface area contributed by atoms with Gasteiger partial charge in [0.05, 0.1) is 0 Å². The molecule has 1 aliphatic rings. The first-order valence-electron chi connectivity index (χ1n) is 5.91. The van der Waals surface area contributed by atoms with Crippen LogP contribution in [-0.2, 0) is 12.8 Å². The van der Waals surface area contributed by atoms with Crippen LogP contribution >= 0.6 is 0 Å². The van der Waals surface area contributed by atoms with Gasteiger partial charge in [-0.05, 0) is 31.4 Å². The first-order chi connectivity index (χ1) is 7.38. The maximum Gasteiger partial charge on any atom is 0.127 e. The molecule has 15 heavy (non-hydrogen) atoms. The Labute approximate surface area is 91.3 Å². The quantitative estimate of drug-likeness (QED) is 0.816. The molecule has 1 atom stereocenters. The van der Waals surface area contributed by atoms with Crippen LogP contribution in [0.25, 0.3) is 0 Å². The maximum atomic E-state index is 4.32. The van der Waals surface area contributed by atoms with Crippen LogP contribution < -0.4 is 5.32 Å². The molecule has 1 unspecified atom stereocenters. The molecule has 3 nitrogen and oxygen atoms in total. The molecular formula is C12H19N3. The van der Waals surface area contributed by atoms with Crippen molar-refractivity contribution in [2.75, 3.05) is 6.54 Å². The van der Waals surface area contributed by atoms with E-state index in [9.17, 15) is 0 Å². The second-order valence-electron chi connectivity index (χ2n) is 4.21. The molecule has 1 N–H and O–H groups in total. The molecule has 0 amide bonds. The highest BCUT2D eigenvalue weighted by atomic mass is 14.9. The summed E-state index contributed by atoms with van der Waals surface area (Å²) in [7, 11) is 0. The second-order valence-corrected chi connectivity index (χ2v) is 4.21. The fraction of sp³-hybridized carbons (Fsp3) is 0.667. The third-order valence-corrected chi connectivity index (χ3v) is 2.97. The number of aromatic nitrogens is 2. The summed E-state index contributed by atoms with van der Waals surface area (Å²) in [6, 6.07) is 0.634. The van der Waals surface area contributed by atoms with Crippen LogP contribution in [0, 0.1) is 0 Å². The zero-order valence-electron chi connectivity index (χ0n) is 9.37. The predicted octanol–water partition coefficient (Wildman–Crippen LogP) is 1.72. The molecule has 3 heteroatoms. The molecule has 2 heterocycles. The van der Waals surface area contributed by atoms with Crippen LogP contribution in [0.15, 0.2) is 12.4 Å². The summed E-state index contributed by atoms with van der Waals surface area (Å²) in [5.41, 5.74) is 1.26. The Hall–Kier alpha value is -0.960. The SMILES string of the molecule is CCc1ncc(CC2CCCCN2)cn1. The average Bonchev–Trinajstić information content (AvgIpc) is 2.31. The van der Waals surface area contributed by atoms with Crippen molar-refractivity contribution in [3.8, 4) is 0 Å². The minimum Gasteiger partial charge on any atom is -0.314 e. The summed E-state index contributed by atoms with van der Waals surface area (Å²) in [6.07, 6.45) is 9.90. The molecule has 1 saturated heterocycles. The smallest absolute Gasteiger partial charge is 0.127 e. The molecule has 0 radical (unpaired) electrons. The minimum atomic E-state index is 0.634. The lowest BCUT2D eigenvalue weighted by atomic mass is 9.99. The molecule has 0 saturated carbocycles. The fourth-order valence-electron chi connectivity index (χ4n) is 2.05. The Balaban J connectivity index is 1.91. The molecule has 1 aromatic heterocycles. The predicted molar refractivity (Wildman–Crippen MR) is 60.8 cm³/mol. The van der Waals surface area contributed by atoms with Crippen molar-refractivity contribution >= 4 is 0 Å². The second kappa shape index (κ2) is 5.21. The monoisotopic (exact) mass is 205 g/mol. The van der Waals surface area contributed by atoms with Crippen LogP contribution in [-0.4, -0.2) is 22.6 Å². The van der Waals surface area contributed by atoms with Crippen LogP contribution in [0.1, 0.15) is 37.6 Å². The van der Waals surface area contributed by atoms with Crippen molar-refractivity contribution in [1.29, 1.82) is 0 Å². The van der Waals surface area contributed by atoms with Gasteiger partial charge >= 0.3 is 0 Å². The Morgan fingerprint density at radius 3 is 2.73 bits per heavy atom. The van der Waals surface area contributed by atoms with Gasteiger partial charge in [-0.1, -0.05) is 13.3 Å². The molecule has 1 aromatic rings. The summed E-state index contributed by atoms with van der Waals surface area (Å²) >= 11 is 0. The fourth-order valence-corrected chi connectivity index (χ4v) is 2.05. The lowest BCUT2D eigenvalue weighted by Gasteiger charge is -2.23. The topological polar surface area (TPSA) is 37.8 Å². The number of aryl methyl sites for hydroxylation is 1. The van der Waals surface area contributed by atoms with E-state index in [-0.39, 0.29) is 0 Å². The summed E-state index contributed by atoms with van der Waals surface area (Å²) in [5.74, 6) is 0.940. The van der Waals surface area contributed by atoms with Gasteiger partial charge in [-0.2, -0.15) is 0 Å². The van der Waals surface area contributed by atoms with Crippen molar-refractivity contribution in [2.45, 2.75) is 45.1 Å². The Kier molecular flexibility index (Phi) is 3.67. The molecule has 1 aliphatic heterocycles. The van der Waals surface area contributed by atoms with E-state index in [1.807, 2.05) is 12.4 Å². The molecule has 1 fully saturated rings. The molecule has 2 rings (SSSR count). The van der Waals surface area contributed by atoms with E-state index < -0.39 is 0 Å². The van der Waals surface area contributed by atoms with Crippen molar-refractivity contribution < 1.29 is 0 Å². The van der Waals surface area contributed by atoms with Gasteiger partial charge in [-0.15, -0.1) is 0 Å². The first kappa shape index (κ1) is 10.6. The highest BCUT2D eigenvalue weighted by Gasteiger charge is 2.12. The van der Waals surface area contributed by atoms with Crippen LogP contribution in [0.5, 0.6) is 0 Å². The van der Waals surface area contributed by atoms with Gasteiger partial charge < -0.3 is 5.32 Å². The zero-order chi connectivity index (χ0) is 10.5. The number of piperidine rings is 1. The van der Waals surface area contributed by atoms with E-state index in [0.29, 0.717) is 6.04 Å². The van der Waals surface area contributed by atoms with E-state index in [1.54, 1.807) is 0 Å². The molecule has 0 aromatic carbocycles. The van der Waals surface area contributed by atoms with Gasteiger partial charge in [-0.3, -0.25) is 0 Å². The number of rotatable bonds is 3. The largest absolute Gasteiger partial charge is 0.314 e. The molecule has 0 aliphatic carbocycles. The lowest BCUT2D eigenvalue weighted by Crippen LogP contribution is -2.35. The van der Waals surface area contributed by atoms with E-state index in [0.717, 1.165) is 18.7 Å². The van der Waals surface area contributed by atoms with E-state index in [1.165, 1.54) is 31.4 Å². The molecule has 82 valence electrons. The number of hydrogen-bond acceptors (Lipinski definition) is 3. The van der Waals surface area contributed by atoms with Gasteiger partial charge in [0.1, 0.15) is 5.82 Å². The van der Waals surface area contributed by atoms with Gasteiger partial charge in [0.25, 0.3) is 0 Å². The zero-order valence-corrected chi connectivity index (χ0v) is 9.37. The van der Waals surface area contributed by atoms with Crippen molar-refractivity contribution in [3.05, 3.63) is 23.8 Å². The highest BCUT2D eigenvalue weighted by molar-refractivity contribution is 5.07. The Morgan fingerprint density at radius 1 is 1.33 bits per heavy atom. The summed E-state index contributed by atoms with van der Waals surface area (Å²) < 4.78 is 0. The Bertz CT molecular complexity index is 288. The average molecular weight is 205 g/mol. The summed E-state index contributed by atoms with van der Waals surface area (Å²) in [6.45, 7) is 3.25. The standard InChI is InChI=1S/C12H19N3/c1-2-12-14-8-10(9-15-12)7-11-5-3-4-6-13-11/h8-9,11,13H,2-7H2,1H3. The van der Waals surface area contributed by atoms with E-state index in [2.05, 4.69) is 22.2 Å². The summed E-state index contributed by atoms with van der Waals surface area (Å²) in [5, 5.41) is 3.54. The summed E-state index contributed by atoms with van der Waals surface area (Å²) in [4.78, 5) is 8.65. The Morgan fingerprint density at radius 2 is 2.13 bits per heavy atom. The molecule has 0 bridgehead atoms. The number of nitrogens with zero attached hydrogens (tertiary/aromatic N) is 2. The van der Waals surface area contributed by atoms with Crippen LogP contribution in [0.3, 0.4) is 0 Å². The molecule has 0 spiro atoms. The number of nitrogens with one attached hydrogen (secondary N) is 1. The normalized spacial score (nSPS) is 21.5. The van der Waals surface area contributed by atoms with Crippen molar-refractivity contribution in [1.82, 2.24) is 15.3 Å². The van der Waals surface area contributed by atoms with Crippen LogP contribution in [0.4, 0.5) is 0 Å². The third kappa shape index (κ3) is 2.99. The van der Waals surface area contributed by atoms with Gasteiger partial charge in [0.2, 0.25) is 0 Å².